The first kappa shape index (κ1) is 13.3. The molecule has 0 aliphatic carbocycles. The molecule has 2 bridgehead atoms. The quantitative estimate of drug-likeness (QED) is 0.769. The fraction of sp³-hybridized carbons (Fsp3) is 1.00. The van der Waals surface area contributed by atoms with Crippen LogP contribution in [0.3, 0.4) is 0 Å². The Hall–Kier alpha value is -0.120. The molecule has 100 valence electrons. The molecule has 2 heterocycles. The topological polar surface area (TPSA) is 24.5 Å². The van der Waals surface area contributed by atoms with Crippen molar-refractivity contribution in [2.75, 3.05) is 19.7 Å². The summed E-state index contributed by atoms with van der Waals surface area (Å²) in [5, 5.41) is 3.63. The molecule has 17 heavy (non-hydrogen) atoms. The third-order valence-corrected chi connectivity index (χ3v) is 4.30. The molecule has 2 aliphatic heterocycles. The molecule has 2 rings (SSSR count). The molecule has 1 N–H and O–H groups in total. The Bertz CT molecular complexity index is 220. The van der Waals surface area contributed by atoms with Crippen LogP contribution in [0.25, 0.3) is 0 Å². The molecule has 3 atom stereocenters. The zero-order valence-electron chi connectivity index (χ0n) is 11.6. The number of hydrogen-bond acceptors (Lipinski definition) is 3. The van der Waals surface area contributed by atoms with Gasteiger partial charge in [0.25, 0.3) is 0 Å². The van der Waals surface area contributed by atoms with Crippen LogP contribution in [0.2, 0.25) is 0 Å². The Morgan fingerprint density at radius 2 is 1.88 bits per heavy atom. The maximum atomic E-state index is 5.69. The monoisotopic (exact) mass is 240 g/mol. The summed E-state index contributed by atoms with van der Waals surface area (Å²) in [5.41, 5.74) is 0. The summed E-state index contributed by atoms with van der Waals surface area (Å²) in [6, 6.07) is 2.37. The number of nitrogens with one attached hydrogen (secondary N) is 1. The number of fused-ring (bicyclic) bond motifs is 2. The van der Waals surface area contributed by atoms with Crippen LogP contribution in [-0.4, -0.2) is 48.8 Å². The minimum Gasteiger partial charge on any atom is -0.377 e. The summed E-state index contributed by atoms with van der Waals surface area (Å²) in [4.78, 5) is 2.72. The van der Waals surface area contributed by atoms with Crippen LogP contribution < -0.4 is 5.32 Å². The maximum Gasteiger partial charge on any atom is 0.0673 e. The van der Waals surface area contributed by atoms with Crippen molar-refractivity contribution in [3.63, 3.8) is 0 Å². The van der Waals surface area contributed by atoms with Gasteiger partial charge in [-0.25, -0.2) is 0 Å². The second-order valence-corrected chi connectivity index (χ2v) is 5.57. The van der Waals surface area contributed by atoms with Crippen LogP contribution in [-0.2, 0) is 4.74 Å². The smallest absolute Gasteiger partial charge is 0.0673 e. The highest BCUT2D eigenvalue weighted by Crippen LogP contribution is 2.35. The summed E-state index contributed by atoms with van der Waals surface area (Å²) in [6.45, 7) is 9.58. The summed E-state index contributed by atoms with van der Waals surface area (Å²) in [5.74, 6) is 0. The van der Waals surface area contributed by atoms with Crippen LogP contribution in [0.4, 0.5) is 0 Å². The number of piperidine rings is 1. The van der Waals surface area contributed by atoms with E-state index < -0.39 is 0 Å². The highest BCUT2D eigenvalue weighted by atomic mass is 16.5. The summed E-state index contributed by atoms with van der Waals surface area (Å²) >= 11 is 0. The van der Waals surface area contributed by atoms with Crippen molar-refractivity contribution >= 4 is 0 Å². The molecule has 0 spiro atoms. The van der Waals surface area contributed by atoms with Gasteiger partial charge in [0.1, 0.15) is 0 Å². The Morgan fingerprint density at radius 1 is 1.24 bits per heavy atom. The summed E-state index contributed by atoms with van der Waals surface area (Å²) in [7, 11) is 0. The van der Waals surface area contributed by atoms with Gasteiger partial charge in [-0.1, -0.05) is 6.92 Å². The van der Waals surface area contributed by atoms with Crippen molar-refractivity contribution in [2.45, 2.75) is 70.7 Å². The highest BCUT2D eigenvalue weighted by molar-refractivity contribution is 4.97. The Balaban J connectivity index is 1.85. The van der Waals surface area contributed by atoms with E-state index in [-0.39, 0.29) is 0 Å². The van der Waals surface area contributed by atoms with Gasteiger partial charge < -0.3 is 10.1 Å². The van der Waals surface area contributed by atoms with E-state index in [0.717, 1.165) is 37.8 Å². The number of nitrogens with zero attached hydrogens (tertiary/aromatic N) is 1. The zero-order chi connectivity index (χ0) is 12.3. The first-order chi connectivity index (χ1) is 8.24. The number of ether oxygens (including phenoxy) is 1. The fourth-order valence-electron chi connectivity index (χ4n) is 3.66. The maximum absolute atomic E-state index is 5.69. The lowest BCUT2D eigenvalue weighted by Gasteiger charge is -2.40. The lowest BCUT2D eigenvalue weighted by atomic mass is 9.97. The number of rotatable bonds is 6. The molecule has 2 fully saturated rings. The van der Waals surface area contributed by atoms with Gasteiger partial charge in [-0.2, -0.15) is 0 Å². The standard InChI is InChI=1S/C14H28N2O/c1-4-15-12-8-13-6-7-14(9-12)16(13)10-11(3)17-5-2/h11-15H,4-10H2,1-3H3. The van der Waals surface area contributed by atoms with Crippen molar-refractivity contribution in [3.05, 3.63) is 0 Å². The number of hydrogen-bond donors (Lipinski definition) is 1. The average Bonchev–Trinajstić information content (AvgIpc) is 2.53. The van der Waals surface area contributed by atoms with Gasteiger partial charge in [-0.3, -0.25) is 4.90 Å². The van der Waals surface area contributed by atoms with Gasteiger partial charge in [0, 0.05) is 31.3 Å². The van der Waals surface area contributed by atoms with Crippen LogP contribution >= 0.6 is 0 Å². The third kappa shape index (κ3) is 3.21. The van der Waals surface area contributed by atoms with Crippen LogP contribution in [0.15, 0.2) is 0 Å². The molecule has 2 saturated heterocycles. The predicted octanol–water partition coefficient (Wildman–Crippen LogP) is 2.02. The third-order valence-electron chi connectivity index (χ3n) is 4.30. The predicted molar refractivity (Wildman–Crippen MR) is 71.3 cm³/mol. The van der Waals surface area contributed by atoms with Crippen molar-refractivity contribution in [1.82, 2.24) is 10.2 Å². The first-order valence-electron chi connectivity index (χ1n) is 7.35. The van der Waals surface area contributed by atoms with E-state index in [4.69, 9.17) is 4.74 Å². The Labute approximate surface area is 106 Å². The first-order valence-corrected chi connectivity index (χ1v) is 7.35. The van der Waals surface area contributed by atoms with Crippen molar-refractivity contribution in [1.29, 1.82) is 0 Å². The van der Waals surface area contributed by atoms with E-state index in [1.165, 1.54) is 25.7 Å². The van der Waals surface area contributed by atoms with E-state index in [2.05, 4.69) is 31.0 Å². The summed E-state index contributed by atoms with van der Waals surface area (Å²) < 4.78 is 5.69. The molecule has 0 aromatic heterocycles. The summed E-state index contributed by atoms with van der Waals surface area (Å²) in [6.07, 6.45) is 5.85. The normalized spacial score (nSPS) is 35.1. The molecule has 2 aliphatic rings. The molecule has 0 aromatic carbocycles. The molecule has 3 nitrogen and oxygen atoms in total. The Morgan fingerprint density at radius 3 is 2.41 bits per heavy atom. The largest absolute Gasteiger partial charge is 0.377 e. The highest BCUT2D eigenvalue weighted by Gasteiger charge is 2.40. The van der Waals surface area contributed by atoms with Gasteiger partial charge in [0.05, 0.1) is 6.10 Å². The second-order valence-electron chi connectivity index (χ2n) is 5.57. The molecule has 3 heteroatoms. The van der Waals surface area contributed by atoms with E-state index >= 15 is 0 Å². The van der Waals surface area contributed by atoms with Gasteiger partial charge in [-0.15, -0.1) is 0 Å². The van der Waals surface area contributed by atoms with Gasteiger partial charge >= 0.3 is 0 Å². The van der Waals surface area contributed by atoms with Gasteiger partial charge in [0.2, 0.25) is 0 Å². The lowest BCUT2D eigenvalue weighted by molar-refractivity contribution is 0.0156. The molecular formula is C14H28N2O. The lowest BCUT2D eigenvalue weighted by Crippen LogP contribution is -2.51. The van der Waals surface area contributed by atoms with E-state index in [1.54, 1.807) is 0 Å². The second kappa shape index (κ2) is 6.17. The van der Waals surface area contributed by atoms with Crippen LogP contribution in [0.5, 0.6) is 0 Å². The van der Waals surface area contributed by atoms with E-state index in [9.17, 15) is 0 Å². The fourth-order valence-corrected chi connectivity index (χ4v) is 3.66. The van der Waals surface area contributed by atoms with Crippen LogP contribution in [0.1, 0.15) is 46.5 Å². The van der Waals surface area contributed by atoms with Crippen molar-refractivity contribution in [2.24, 2.45) is 0 Å². The molecule has 0 radical (unpaired) electrons. The molecule has 3 unspecified atom stereocenters. The molecule has 0 saturated carbocycles. The minimum absolute atomic E-state index is 0.388. The van der Waals surface area contributed by atoms with E-state index in [0.29, 0.717) is 6.10 Å². The van der Waals surface area contributed by atoms with E-state index in [1.807, 2.05) is 0 Å². The Kier molecular flexibility index (Phi) is 4.83. The molecule has 0 amide bonds. The van der Waals surface area contributed by atoms with Crippen molar-refractivity contribution < 1.29 is 4.74 Å². The average molecular weight is 240 g/mol. The zero-order valence-corrected chi connectivity index (χ0v) is 11.6. The minimum atomic E-state index is 0.388. The van der Waals surface area contributed by atoms with Gasteiger partial charge in [0.15, 0.2) is 0 Å². The molecular weight excluding hydrogens is 212 g/mol. The van der Waals surface area contributed by atoms with Crippen molar-refractivity contribution in [3.8, 4) is 0 Å². The van der Waals surface area contributed by atoms with Crippen LogP contribution in [0, 0.1) is 0 Å². The SMILES string of the molecule is CCNC1CC2CCC(C1)N2CC(C)OCC. The molecule has 0 aromatic rings. The van der Waals surface area contributed by atoms with Gasteiger partial charge in [-0.05, 0) is 46.1 Å².